The molecule has 0 spiro atoms. The lowest BCUT2D eigenvalue weighted by Crippen LogP contribution is -2.48. The number of hydrogen-bond donors (Lipinski definition) is 2. The third-order valence-corrected chi connectivity index (χ3v) is 8.17. The van der Waals surface area contributed by atoms with Crippen LogP contribution in [0.3, 0.4) is 0 Å². The quantitative estimate of drug-likeness (QED) is 0.662. The molecule has 2 heterocycles. The van der Waals surface area contributed by atoms with Crippen molar-refractivity contribution in [2.24, 2.45) is 17.8 Å². The molecule has 0 saturated heterocycles. The number of hydrogen-bond acceptors (Lipinski definition) is 5. The maximum Gasteiger partial charge on any atom is 0.261 e. The van der Waals surface area contributed by atoms with E-state index in [9.17, 15) is 4.79 Å². The van der Waals surface area contributed by atoms with E-state index in [-0.39, 0.29) is 11.3 Å². The average Bonchev–Trinajstić information content (AvgIpc) is 3.38. The van der Waals surface area contributed by atoms with Gasteiger partial charge in [-0.1, -0.05) is 41.7 Å². The summed E-state index contributed by atoms with van der Waals surface area (Å²) in [6.45, 7) is 0. The number of carbonyl (C=O) groups is 1. The lowest BCUT2D eigenvalue weighted by atomic mass is 9.50. The van der Waals surface area contributed by atoms with Crippen LogP contribution in [0.25, 0.3) is 11.3 Å². The molecule has 0 unspecified atom stereocenters. The van der Waals surface area contributed by atoms with Gasteiger partial charge in [-0.2, -0.15) is 5.10 Å². The first-order chi connectivity index (χ1) is 14.2. The van der Waals surface area contributed by atoms with Crippen molar-refractivity contribution in [1.29, 1.82) is 0 Å². The minimum absolute atomic E-state index is 0.203. The van der Waals surface area contributed by atoms with Gasteiger partial charge >= 0.3 is 0 Å². The first kappa shape index (κ1) is 17.3. The summed E-state index contributed by atoms with van der Waals surface area (Å²) < 4.78 is 0. The molecule has 1 amide bonds. The molecule has 3 aromatic rings. The largest absolute Gasteiger partial charge is 0.296 e. The topological polar surface area (TPSA) is 83.6 Å². The highest BCUT2D eigenvalue weighted by Gasteiger charge is 2.53. The second-order valence-corrected chi connectivity index (χ2v) is 10.1. The van der Waals surface area contributed by atoms with Gasteiger partial charge < -0.3 is 0 Å². The summed E-state index contributed by atoms with van der Waals surface area (Å²) in [5.41, 5.74) is 2.37. The Hall–Kier alpha value is -2.54. The Kier molecular flexibility index (Phi) is 3.88. The van der Waals surface area contributed by atoms with Crippen LogP contribution >= 0.6 is 11.3 Å². The van der Waals surface area contributed by atoms with Crippen molar-refractivity contribution in [2.45, 2.75) is 43.9 Å². The number of carbonyl (C=O) groups excluding carboxylic acids is 1. The van der Waals surface area contributed by atoms with Gasteiger partial charge in [0.25, 0.3) is 5.91 Å². The second kappa shape index (κ2) is 6.49. The first-order valence-corrected chi connectivity index (χ1v) is 11.2. The summed E-state index contributed by atoms with van der Waals surface area (Å²) in [6, 6.07) is 9.76. The van der Waals surface area contributed by atoms with Crippen molar-refractivity contribution in [1.82, 2.24) is 20.4 Å². The van der Waals surface area contributed by atoms with Crippen molar-refractivity contribution in [3.8, 4) is 11.3 Å². The minimum atomic E-state index is -0.203. The van der Waals surface area contributed by atoms with Crippen molar-refractivity contribution in [3.05, 3.63) is 47.1 Å². The third-order valence-electron chi connectivity index (χ3n) is 7.08. The van der Waals surface area contributed by atoms with E-state index < -0.39 is 0 Å². The number of amides is 1. The standard InChI is InChI=1S/C22H23N5OS/c28-19(17-12-23-25-18(17)16-4-2-1-3-5-16)24-21-27-26-20(29-21)22-9-13-6-14(10-22)8-15(7-13)11-22/h1-5,12-15H,6-11H2,(H,23,25)(H,24,27,28). The molecular formula is C22H23N5OS. The summed E-state index contributed by atoms with van der Waals surface area (Å²) >= 11 is 1.56. The average molecular weight is 406 g/mol. The van der Waals surface area contributed by atoms with E-state index in [0.29, 0.717) is 16.4 Å². The lowest BCUT2D eigenvalue weighted by molar-refractivity contribution is -0.00555. The van der Waals surface area contributed by atoms with Gasteiger partial charge in [-0.3, -0.25) is 15.2 Å². The zero-order valence-corrected chi connectivity index (χ0v) is 16.9. The SMILES string of the molecule is O=C(Nc1nnc(C23CC4CC(CC(C4)C2)C3)s1)c1cn[nH]c1-c1ccccc1. The Bertz CT molecular complexity index is 1020. The molecule has 2 aromatic heterocycles. The van der Waals surface area contributed by atoms with Gasteiger partial charge in [-0.25, -0.2) is 0 Å². The number of benzene rings is 1. The molecule has 7 rings (SSSR count). The van der Waals surface area contributed by atoms with Crippen LogP contribution < -0.4 is 5.32 Å². The van der Waals surface area contributed by atoms with Crippen molar-refractivity contribution in [2.75, 3.05) is 5.32 Å². The highest BCUT2D eigenvalue weighted by Crippen LogP contribution is 2.61. The van der Waals surface area contributed by atoms with Crippen LogP contribution in [0.2, 0.25) is 0 Å². The van der Waals surface area contributed by atoms with Gasteiger partial charge in [-0.15, -0.1) is 10.2 Å². The van der Waals surface area contributed by atoms with Gasteiger partial charge in [0.05, 0.1) is 17.5 Å². The highest BCUT2D eigenvalue weighted by atomic mass is 32.1. The molecule has 1 aromatic carbocycles. The molecule has 4 aliphatic carbocycles. The molecule has 4 aliphatic rings. The van der Waals surface area contributed by atoms with Gasteiger partial charge in [0.15, 0.2) is 0 Å². The number of rotatable bonds is 4. The van der Waals surface area contributed by atoms with Crippen LogP contribution in [0.4, 0.5) is 5.13 Å². The van der Waals surface area contributed by atoms with Gasteiger partial charge in [0.1, 0.15) is 5.01 Å². The summed E-state index contributed by atoms with van der Waals surface area (Å²) in [7, 11) is 0. The van der Waals surface area contributed by atoms with Crippen LogP contribution in [0.5, 0.6) is 0 Å². The Balaban J connectivity index is 1.24. The molecule has 0 radical (unpaired) electrons. The van der Waals surface area contributed by atoms with Crippen LogP contribution in [0.15, 0.2) is 36.5 Å². The predicted molar refractivity (Wildman–Crippen MR) is 112 cm³/mol. The number of anilines is 1. The zero-order chi connectivity index (χ0) is 19.4. The van der Waals surface area contributed by atoms with E-state index in [0.717, 1.165) is 28.3 Å². The van der Waals surface area contributed by atoms with Crippen LogP contribution in [0.1, 0.15) is 53.9 Å². The number of H-pyrrole nitrogens is 1. The fourth-order valence-corrected chi connectivity index (χ4v) is 7.26. The number of nitrogens with one attached hydrogen (secondary N) is 2. The molecule has 29 heavy (non-hydrogen) atoms. The van der Waals surface area contributed by atoms with E-state index >= 15 is 0 Å². The van der Waals surface area contributed by atoms with Crippen molar-refractivity contribution in [3.63, 3.8) is 0 Å². The van der Waals surface area contributed by atoms with Crippen LogP contribution in [0, 0.1) is 17.8 Å². The zero-order valence-electron chi connectivity index (χ0n) is 16.1. The maximum absolute atomic E-state index is 12.9. The normalized spacial score (nSPS) is 29.9. The van der Waals surface area contributed by atoms with Crippen LogP contribution in [-0.2, 0) is 5.41 Å². The number of nitrogens with zero attached hydrogens (tertiary/aromatic N) is 3. The fraction of sp³-hybridized carbons (Fsp3) is 0.455. The van der Waals surface area contributed by atoms with Crippen LogP contribution in [-0.4, -0.2) is 26.3 Å². The Morgan fingerprint density at radius 1 is 1.03 bits per heavy atom. The highest BCUT2D eigenvalue weighted by molar-refractivity contribution is 7.15. The molecule has 4 fully saturated rings. The minimum Gasteiger partial charge on any atom is -0.296 e. The Labute approximate surface area is 173 Å². The van der Waals surface area contributed by atoms with Gasteiger partial charge in [0, 0.05) is 11.0 Å². The van der Waals surface area contributed by atoms with Crippen molar-refractivity contribution < 1.29 is 4.79 Å². The van der Waals surface area contributed by atoms with E-state index in [1.165, 1.54) is 38.5 Å². The van der Waals surface area contributed by atoms with Gasteiger partial charge in [-0.05, 0) is 56.3 Å². The molecule has 2 N–H and O–H groups in total. The summed E-state index contributed by atoms with van der Waals surface area (Å²) in [4.78, 5) is 12.9. The lowest BCUT2D eigenvalue weighted by Gasteiger charge is -2.55. The third kappa shape index (κ3) is 2.90. The second-order valence-electron chi connectivity index (χ2n) is 9.09. The van der Waals surface area contributed by atoms with E-state index in [2.05, 4.69) is 25.7 Å². The first-order valence-electron chi connectivity index (χ1n) is 10.4. The molecule has 4 saturated carbocycles. The fourth-order valence-electron chi connectivity index (χ4n) is 6.31. The Morgan fingerprint density at radius 2 is 1.72 bits per heavy atom. The smallest absolute Gasteiger partial charge is 0.261 e. The number of aromatic amines is 1. The Morgan fingerprint density at radius 3 is 2.41 bits per heavy atom. The summed E-state index contributed by atoms with van der Waals surface area (Å²) in [5.74, 6) is 2.39. The number of aromatic nitrogens is 4. The molecule has 6 nitrogen and oxygen atoms in total. The molecular weight excluding hydrogens is 382 g/mol. The van der Waals surface area contributed by atoms with E-state index in [1.54, 1.807) is 17.5 Å². The molecule has 0 atom stereocenters. The summed E-state index contributed by atoms with van der Waals surface area (Å²) in [6.07, 6.45) is 9.54. The summed E-state index contributed by atoms with van der Waals surface area (Å²) in [5, 5.41) is 20.6. The van der Waals surface area contributed by atoms with E-state index in [4.69, 9.17) is 0 Å². The maximum atomic E-state index is 12.9. The monoisotopic (exact) mass is 405 g/mol. The molecule has 148 valence electrons. The molecule has 4 bridgehead atoms. The molecule has 7 heteroatoms. The van der Waals surface area contributed by atoms with E-state index in [1.807, 2.05) is 30.3 Å². The van der Waals surface area contributed by atoms with Gasteiger partial charge in [0.2, 0.25) is 5.13 Å². The van der Waals surface area contributed by atoms with Crippen molar-refractivity contribution >= 4 is 22.4 Å². The predicted octanol–water partition coefficient (Wildman–Crippen LogP) is 4.65. The molecule has 0 aliphatic heterocycles.